The third-order valence-corrected chi connectivity index (χ3v) is 3.17. The minimum Gasteiger partial charge on any atom is -0.490 e. The zero-order valence-corrected chi connectivity index (χ0v) is 11.4. The van der Waals surface area contributed by atoms with Crippen LogP contribution in [0.3, 0.4) is 0 Å². The van der Waals surface area contributed by atoms with E-state index in [1.165, 1.54) is 12.1 Å². The van der Waals surface area contributed by atoms with Gasteiger partial charge in [0.25, 0.3) is 0 Å². The number of rotatable bonds is 5. The quantitative estimate of drug-likeness (QED) is 0.865. The molecule has 1 atom stereocenters. The second-order valence-electron chi connectivity index (χ2n) is 4.75. The number of carboxylic acids is 1. The van der Waals surface area contributed by atoms with Crippen LogP contribution in [-0.2, 0) is 0 Å². The van der Waals surface area contributed by atoms with Crippen molar-refractivity contribution in [2.75, 3.05) is 6.61 Å². The number of aliphatic hydroxyl groups is 1. The van der Waals surface area contributed by atoms with Gasteiger partial charge in [0.1, 0.15) is 17.9 Å². The molecule has 100 valence electrons. The minimum atomic E-state index is -1.11. The highest BCUT2D eigenvalue weighted by Gasteiger charge is 2.26. The summed E-state index contributed by atoms with van der Waals surface area (Å²) in [6.45, 7) is 5.40. The molecule has 5 heteroatoms. The third-order valence-electron chi connectivity index (χ3n) is 2.94. The van der Waals surface area contributed by atoms with Crippen molar-refractivity contribution in [3.05, 3.63) is 28.8 Å². The van der Waals surface area contributed by atoms with E-state index in [4.69, 9.17) is 21.4 Å². The summed E-state index contributed by atoms with van der Waals surface area (Å²) in [5.41, 5.74) is -1.03. The largest absolute Gasteiger partial charge is 0.490 e. The molecule has 0 saturated heterocycles. The average molecular weight is 273 g/mol. The second kappa shape index (κ2) is 5.59. The predicted molar refractivity (Wildman–Crippen MR) is 69.4 cm³/mol. The summed E-state index contributed by atoms with van der Waals surface area (Å²) in [4.78, 5) is 11.0. The van der Waals surface area contributed by atoms with Gasteiger partial charge in [-0.25, -0.2) is 4.79 Å². The Balaban J connectivity index is 2.89. The summed E-state index contributed by atoms with van der Waals surface area (Å²) in [5.74, 6) is -0.914. The van der Waals surface area contributed by atoms with Gasteiger partial charge in [0.05, 0.1) is 5.60 Å². The molecule has 0 aliphatic rings. The smallest absolute Gasteiger partial charge is 0.339 e. The number of carboxylic acid groups (broad SMARTS) is 1. The summed E-state index contributed by atoms with van der Waals surface area (Å²) in [7, 11) is 0. The van der Waals surface area contributed by atoms with Gasteiger partial charge in [0.15, 0.2) is 0 Å². The molecule has 1 aromatic carbocycles. The normalized spacial score (nSPS) is 14.3. The Kier molecular flexibility index (Phi) is 4.59. The van der Waals surface area contributed by atoms with Crippen molar-refractivity contribution in [3.63, 3.8) is 0 Å². The zero-order valence-electron chi connectivity index (χ0n) is 10.6. The van der Waals surface area contributed by atoms with E-state index in [-0.39, 0.29) is 23.8 Å². The van der Waals surface area contributed by atoms with E-state index >= 15 is 0 Å². The van der Waals surface area contributed by atoms with Gasteiger partial charge >= 0.3 is 5.97 Å². The molecule has 0 bridgehead atoms. The topological polar surface area (TPSA) is 66.8 Å². The molecule has 18 heavy (non-hydrogen) atoms. The molecular weight excluding hydrogens is 256 g/mol. The van der Waals surface area contributed by atoms with E-state index in [0.29, 0.717) is 5.02 Å². The zero-order chi connectivity index (χ0) is 13.9. The fraction of sp³-hybridized carbons (Fsp3) is 0.462. The second-order valence-corrected chi connectivity index (χ2v) is 5.18. The Morgan fingerprint density at radius 2 is 2.11 bits per heavy atom. The van der Waals surface area contributed by atoms with Crippen molar-refractivity contribution >= 4 is 17.6 Å². The highest BCUT2D eigenvalue weighted by atomic mass is 35.5. The van der Waals surface area contributed by atoms with Crippen molar-refractivity contribution in [2.24, 2.45) is 5.92 Å². The molecule has 4 nitrogen and oxygen atoms in total. The number of carbonyl (C=O) groups is 1. The van der Waals surface area contributed by atoms with Crippen LogP contribution in [0.2, 0.25) is 5.02 Å². The van der Waals surface area contributed by atoms with E-state index in [1.54, 1.807) is 13.0 Å². The van der Waals surface area contributed by atoms with Gasteiger partial charge in [-0.1, -0.05) is 25.4 Å². The molecule has 0 aromatic heterocycles. The van der Waals surface area contributed by atoms with Crippen LogP contribution >= 0.6 is 11.6 Å². The van der Waals surface area contributed by atoms with Gasteiger partial charge in [-0.2, -0.15) is 0 Å². The monoisotopic (exact) mass is 272 g/mol. The van der Waals surface area contributed by atoms with Crippen LogP contribution in [0.25, 0.3) is 0 Å². The van der Waals surface area contributed by atoms with Crippen molar-refractivity contribution < 1.29 is 19.7 Å². The van der Waals surface area contributed by atoms with Gasteiger partial charge in [-0.05, 0) is 31.0 Å². The van der Waals surface area contributed by atoms with E-state index < -0.39 is 11.6 Å². The molecule has 0 heterocycles. The van der Waals surface area contributed by atoms with Gasteiger partial charge in [-0.3, -0.25) is 0 Å². The molecule has 1 aromatic rings. The highest BCUT2D eigenvalue weighted by Crippen LogP contribution is 2.25. The first-order chi connectivity index (χ1) is 8.24. The van der Waals surface area contributed by atoms with Gasteiger partial charge in [-0.15, -0.1) is 0 Å². The number of halogens is 1. The van der Waals surface area contributed by atoms with Crippen LogP contribution in [-0.4, -0.2) is 28.4 Å². The van der Waals surface area contributed by atoms with Gasteiger partial charge in [0.2, 0.25) is 0 Å². The summed E-state index contributed by atoms with van der Waals surface area (Å²) < 4.78 is 5.39. The Morgan fingerprint density at radius 1 is 1.50 bits per heavy atom. The molecule has 1 rings (SSSR count). The molecule has 2 N–H and O–H groups in total. The van der Waals surface area contributed by atoms with Crippen LogP contribution < -0.4 is 4.74 Å². The average Bonchev–Trinajstić information content (AvgIpc) is 2.27. The number of benzene rings is 1. The maximum absolute atomic E-state index is 11.0. The van der Waals surface area contributed by atoms with Crippen LogP contribution in [0, 0.1) is 5.92 Å². The van der Waals surface area contributed by atoms with E-state index in [9.17, 15) is 9.90 Å². The van der Waals surface area contributed by atoms with Crippen LogP contribution in [0.1, 0.15) is 31.1 Å². The van der Waals surface area contributed by atoms with Gasteiger partial charge in [0, 0.05) is 5.02 Å². The van der Waals surface area contributed by atoms with Crippen molar-refractivity contribution in [2.45, 2.75) is 26.4 Å². The van der Waals surface area contributed by atoms with Crippen LogP contribution in [0.4, 0.5) is 0 Å². The van der Waals surface area contributed by atoms with E-state index in [1.807, 2.05) is 13.8 Å². The molecule has 0 radical (unpaired) electrons. The fourth-order valence-corrected chi connectivity index (χ4v) is 1.36. The summed E-state index contributed by atoms with van der Waals surface area (Å²) in [5, 5.41) is 19.4. The van der Waals surface area contributed by atoms with Crippen molar-refractivity contribution in [1.29, 1.82) is 0 Å². The van der Waals surface area contributed by atoms with Crippen molar-refractivity contribution in [1.82, 2.24) is 0 Å². The third kappa shape index (κ3) is 3.62. The molecule has 0 saturated carbocycles. The number of hydrogen-bond acceptors (Lipinski definition) is 3. The Labute approximate surface area is 111 Å². The SMILES string of the molecule is CC(C)C(C)(O)COc1ccc(Cl)cc1C(=O)O. The lowest BCUT2D eigenvalue weighted by atomic mass is 9.94. The lowest BCUT2D eigenvalue weighted by molar-refractivity contribution is -0.0269. The number of ether oxygens (including phenoxy) is 1. The summed E-state index contributed by atoms with van der Waals surface area (Å²) >= 11 is 5.73. The first-order valence-corrected chi connectivity index (χ1v) is 6.00. The summed E-state index contributed by atoms with van der Waals surface area (Å²) in [6, 6.07) is 4.36. The number of hydrogen-bond donors (Lipinski definition) is 2. The molecule has 0 spiro atoms. The number of aromatic carboxylic acids is 1. The van der Waals surface area contributed by atoms with Crippen LogP contribution in [0.15, 0.2) is 18.2 Å². The first kappa shape index (κ1) is 14.8. The fourth-order valence-electron chi connectivity index (χ4n) is 1.19. The first-order valence-electron chi connectivity index (χ1n) is 5.62. The maximum atomic E-state index is 11.0. The Bertz CT molecular complexity index is 441. The molecular formula is C13H17ClO4. The molecule has 0 fully saturated rings. The molecule has 1 unspecified atom stereocenters. The van der Waals surface area contributed by atoms with Gasteiger partial charge < -0.3 is 14.9 Å². The van der Waals surface area contributed by atoms with E-state index in [2.05, 4.69) is 0 Å². The maximum Gasteiger partial charge on any atom is 0.339 e. The van der Waals surface area contributed by atoms with Crippen LogP contribution in [0.5, 0.6) is 5.75 Å². The lowest BCUT2D eigenvalue weighted by Gasteiger charge is -2.27. The van der Waals surface area contributed by atoms with E-state index in [0.717, 1.165) is 0 Å². The van der Waals surface area contributed by atoms with Crippen molar-refractivity contribution in [3.8, 4) is 5.75 Å². The molecule has 0 aliphatic carbocycles. The molecule has 0 aliphatic heterocycles. The minimum absolute atomic E-state index is 0.00178. The predicted octanol–water partition coefficient (Wildman–Crippen LogP) is 2.82. The molecule has 0 amide bonds. The lowest BCUT2D eigenvalue weighted by Crippen LogP contribution is -2.38. The Morgan fingerprint density at radius 3 is 2.61 bits per heavy atom. The highest BCUT2D eigenvalue weighted by molar-refractivity contribution is 6.31. The Hall–Kier alpha value is -1.26. The standard InChI is InChI=1S/C13H17ClO4/c1-8(2)13(3,17)7-18-11-5-4-9(14)6-10(11)12(15)16/h4-6,8,17H,7H2,1-3H3,(H,15,16). The summed E-state index contributed by atoms with van der Waals surface area (Å²) in [6.07, 6.45) is 0.